The largest absolute Gasteiger partial charge is 1.00 e. The van der Waals surface area contributed by atoms with Gasteiger partial charge in [0.25, 0.3) is 0 Å². The summed E-state index contributed by atoms with van der Waals surface area (Å²) in [7, 11) is -4.99. The fourth-order valence-electron chi connectivity index (χ4n) is 2.74. The van der Waals surface area contributed by atoms with Crippen LogP contribution in [0.3, 0.4) is 0 Å². The van der Waals surface area contributed by atoms with Crippen LogP contribution in [0.25, 0.3) is 0 Å². The number of anilines is 2. The third-order valence-electron chi connectivity index (χ3n) is 4.20. The molecule has 0 atom stereocenters. The second-order valence-electron chi connectivity index (χ2n) is 7.25. The van der Waals surface area contributed by atoms with Crippen LogP contribution in [0.2, 0.25) is 0 Å². The van der Waals surface area contributed by atoms with Gasteiger partial charge in [0.2, 0.25) is 5.91 Å². The molecule has 1 amide bonds. The van der Waals surface area contributed by atoms with E-state index in [-0.39, 0.29) is 90.2 Å². The van der Waals surface area contributed by atoms with Crippen LogP contribution in [0.4, 0.5) is 22.7 Å². The van der Waals surface area contributed by atoms with Crippen molar-refractivity contribution in [3.8, 4) is 11.5 Å². The Bertz CT molecular complexity index is 1300. The minimum atomic E-state index is -4.99. The van der Waals surface area contributed by atoms with Crippen molar-refractivity contribution in [1.82, 2.24) is 0 Å². The summed E-state index contributed by atoms with van der Waals surface area (Å²) in [6.45, 7) is 3.48. The number of nitrogen functional groups attached to an aromatic ring is 1. The number of carbonyl (C=O) groups excluding carboxylic acids is 3. The smallest absolute Gasteiger partial charge is 0.744 e. The van der Waals surface area contributed by atoms with Crippen molar-refractivity contribution < 1.29 is 75.9 Å². The number of nitrogens with one attached hydrogen (secondary N) is 1. The first-order chi connectivity index (χ1) is 17.4. The van der Waals surface area contributed by atoms with Crippen LogP contribution in [0.1, 0.15) is 20.8 Å². The molecule has 0 spiro atoms. The number of amides is 1. The second-order valence-corrected chi connectivity index (χ2v) is 8.60. The van der Waals surface area contributed by atoms with Crippen molar-refractivity contribution >= 4 is 50.7 Å². The van der Waals surface area contributed by atoms with Crippen LogP contribution < -0.4 is 50.1 Å². The van der Waals surface area contributed by atoms with Crippen molar-refractivity contribution in [3.05, 3.63) is 30.3 Å². The van der Waals surface area contributed by atoms with Crippen LogP contribution in [-0.4, -0.2) is 57.2 Å². The van der Waals surface area contributed by atoms with Gasteiger partial charge in [0, 0.05) is 38.6 Å². The Hall–Kier alpha value is -3.24. The zero-order chi connectivity index (χ0) is 27.6. The van der Waals surface area contributed by atoms with Gasteiger partial charge in [-0.1, -0.05) is 0 Å². The number of ether oxygens (including phenoxy) is 4. The van der Waals surface area contributed by atoms with Gasteiger partial charge in [0.1, 0.15) is 59.4 Å². The molecule has 0 saturated carbocycles. The Balaban J connectivity index is 0.00000722. The molecule has 0 aliphatic carbocycles. The Morgan fingerprint density at radius 1 is 0.868 bits per heavy atom. The summed E-state index contributed by atoms with van der Waals surface area (Å²) < 4.78 is 56.0. The van der Waals surface area contributed by atoms with E-state index in [9.17, 15) is 27.4 Å². The zero-order valence-corrected chi connectivity index (χ0v) is 24.0. The van der Waals surface area contributed by atoms with Gasteiger partial charge in [-0.3, -0.25) is 14.4 Å². The van der Waals surface area contributed by atoms with Crippen LogP contribution in [0.15, 0.2) is 45.5 Å². The Morgan fingerprint density at radius 2 is 1.42 bits per heavy atom. The molecule has 0 saturated heterocycles. The molecule has 14 nitrogen and oxygen atoms in total. The first kappa shape index (κ1) is 32.8. The SMILES string of the molecule is CC(=O)Nc1ccc(N=Nc2cc(OCCOC(C)=O)c(N)cc2OCCOC(C)=O)c(S(=O)(=O)[O-])c1.[Na+]. The summed E-state index contributed by atoms with van der Waals surface area (Å²) in [5.41, 5.74) is 5.94. The average molecular weight is 561 g/mol. The molecule has 3 N–H and O–H groups in total. The van der Waals surface area contributed by atoms with Crippen LogP contribution >= 0.6 is 0 Å². The van der Waals surface area contributed by atoms with E-state index in [2.05, 4.69) is 15.5 Å². The number of rotatable bonds is 12. The first-order valence-electron chi connectivity index (χ1n) is 10.6. The summed E-state index contributed by atoms with van der Waals surface area (Å²) in [6, 6.07) is 6.18. The van der Waals surface area contributed by atoms with E-state index in [4.69, 9.17) is 24.7 Å². The van der Waals surface area contributed by atoms with Crippen molar-refractivity contribution in [3.63, 3.8) is 0 Å². The molecule has 0 heterocycles. The third kappa shape index (κ3) is 11.0. The zero-order valence-electron chi connectivity index (χ0n) is 21.2. The van der Waals surface area contributed by atoms with E-state index >= 15 is 0 Å². The number of hydrogen-bond donors (Lipinski definition) is 2. The predicted molar refractivity (Wildman–Crippen MR) is 128 cm³/mol. The van der Waals surface area contributed by atoms with E-state index < -0.39 is 32.9 Å². The van der Waals surface area contributed by atoms with Gasteiger partial charge >= 0.3 is 41.5 Å². The molecule has 0 fully saturated rings. The molecule has 38 heavy (non-hydrogen) atoms. The molecule has 0 aliphatic rings. The molecule has 0 unspecified atom stereocenters. The van der Waals surface area contributed by atoms with E-state index in [1.165, 1.54) is 45.0 Å². The third-order valence-corrected chi connectivity index (χ3v) is 5.06. The number of carbonyl (C=O) groups is 3. The van der Waals surface area contributed by atoms with E-state index in [0.717, 1.165) is 6.07 Å². The summed E-state index contributed by atoms with van der Waals surface area (Å²) in [5, 5.41) is 10.2. The number of nitrogens with zero attached hydrogens (tertiary/aromatic N) is 2. The topological polar surface area (TPSA) is 208 Å². The number of nitrogens with two attached hydrogens (primary N) is 1. The fraction of sp³-hybridized carbons (Fsp3) is 0.318. The van der Waals surface area contributed by atoms with Gasteiger partial charge in [0.15, 0.2) is 0 Å². The molecule has 2 aromatic carbocycles. The van der Waals surface area contributed by atoms with Gasteiger partial charge in [0.05, 0.1) is 10.6 Å². The maximum atomic E-state index is 11.8. The Kier molecular flexibility index (Phi) is 13.1. The molecule has 2 aromatic rings. The molecular formula is C22H25N4NaO10S. The summed E-state index contributed by atoms with van der Waals surface area (Å²) >= 11 is 0. The fourth-order valence-corrected chi connectivity index (χ4v) is 3.38. The van der Waals surface area contributed by atoms with Gasteiger partial charge < -0.3 is 34.6 Å². The molecule has 0 aliphatic heterocycles. The predicted octanol–water partition coefficient (Wildman–Crippen LogP) is -0.565. The minimum absolute atomic E-state index is 0. The molecule has 0 radical (unpaired) electrons. The van der Waals surface area contributed by atoms with Gasteiger partial charge in [-0.15, -0.1) is 10.2 Å². The van der Waals surface area contributed by atoms with Crippen molar-refractivity contribution in [2.24, 2.45) is 10.2 Å². The Labute approximate surface area is 240 Å². The van der Waals surface area contributed by atoms with Crippen molar-refractivity contribution in [2.75, 3.05) is 37.5 Å². The number of hydrogen-bond acceptors (Lipinski definition) is 13. The van der Waals surface area contributed by atoms with E-state index in [1.54, 1.807) is 0 Å². The van der Waals surface area contributed by atoms with Crippen LogP contribution in [0.5, 0.6) is 11.5 Å². The quantitative estimate of drug-likeness (QED) is 0.0839. The standard InChI is InChI=1S/C22H26N4O10S.Na/c1-13(27)24-16-4-5-18(22(10-16)37(30,31)32)25-26-19-12-20(35-8-6-33-14(2)28)17(23)11-21(19)36-9-7-34-15(3)29;/h4-5,10-12H,6-9,23H2,1-3H3,(H,24,27)(H,30,31,32);/q;+1/p-1. The average Bonchev–Trinajstić information content (AvgIpc) is 2.79. The van der Waals surface area contributed by atoms with Crippen LogP contribution in [0, 0.1) is 0 Å². The second kappa shape index (κ2) is 15.2. The summed E-state index contributed by atoms with van der Waals surface area (Å²) in [6.07, 6.45) is 0. The molecular weight excluding hydrogens is 535 g/mol. The van der Waals surface area contributed by atoms with Gasteiger partial charge in [-0.05, 0) is 18.2 Å². The molecule has 2 rings (SSSR count). The van der Waals surface area contributed by atoms with Crippen molar-refractivity contribution in [1.29, 1.82) is 0 Å². The number of esters is 2. The minimum Gasteiger partial charge on any atom is -0.744 e. The van der Waals surface area contributed by atoms with Gasteiger partial charge in [-0.2, -0.15) is 0 Å². The maximum Gasteiger partial charge on any atom is 1.00 e. The van der Waals surface area contributed by atoms with E-state index in [1.807, 2.05) is 0 Å². The normalized spacial score (nSPS) is 10.8. The first-order valence-corrected chi connectivity index (χ1v) is 12.0. The van der Waals surface area contributed by atoms with Crippen LogP contribution in [-0.2, 0) is 34.0 Å². The maximum absolute atomic E-state index is 11.8. The van der Waals surface area contributed by atoms with Crippen molar-refractivity contribution in [2.45, 2.75) is 25.7 Å². The molecule has 0 aromatic heterocycles. The Morgan fingerprint density at radius 3 is 1.95 bits per heavy atom. The monoisotopic (exact) mass is 560 g/mol. The summed E-state index contributed by atoms with van der Waals surface area (Å²) in [4.78, 5) is 32.4. The number of azo groups is 1. The number of benzene rings is 2. The molecule has 200 valence electrons. The van der Waals surface area contributed by atoms with Gasteiger partial charge in [-0.25, -0.2) is 8.42 Å². The van der Waals surface area contributed by atoms with E-state index in [0.29, 0.717) is 0 Å². The summed E-state index contributed by atoms with van der Waals surface area (Å²) in [5.74, 6) is -1.25. The molecule has 16 heteroatoms. The molecule has 0 bridgehead atoms.